The molecule has 0 saturated carbocycles. The molecule has 3 aromatic carbocycles. The van der Waals surface area contributed by atoms with Gasteiger partial charge in [-0.2, -0.15) is 0 Å². The van der Waals surface area contributed by atoms with E-state index in [0.29, 0.717) is 17.3 Å². The molecule has 6 nitrogen and oxygen atoms in total. The molecule has 4 rings (SSSR count). The summed E-state index contributed by atoms with van der Waals surface area (Å²) >= 11 is 0. The summed E-state index contributed by atoms with van der Waals surface area (Å²) in [6.45, 7) is 4.10. The summed E-state index contributed by atoms with van der Waals surface area (Å²) in [6.07, 6.45) is 1.53. The fourth-order valence-electron chi connectivity index (χ4n) is 3.27. The number of hydrogen-bond acceptors (Lipinski definition) is 6. The molecule has 4 aromatic rings. The Kier molecular flexibility index (Phi) is 6.82. The number of anilines is 2. The number of methoxy groups -OCH3 is 2. The van der Waals surface area contributed by atoms with E-state index in [-0.39, 0.29) is 12.4 Å². The second kappa shape index (κ2) is 9.53. The van der Waals surface area contributed by atoms with E-state index in [1.54, 1.807) is 14.2 Å². The fraction of sp³-hybridized carbons (Fsp3) is 0.167. The van der Waals surface area contributed by atoms with Crippen molar-refractivity contribution in [1.82, 2.24) is 9.97 Å². The standard InChI is InChI=1S/C24H23N3O3.ClH/c1-15-16(2)21(30-17-8-6-5-7-9-17)11-10-19(15)27-24-18-12-22(28-3)23(29-4)13-20(18)25-14-26-24;/h5-14H,1-4H3,(H,25,26,27);1H. The van der Waals surface area contributed by atoms with E-state index in [9.17, 15) is 0 Å². The minimum Gasteiger partial charge on any atom is -0.493 e. The van der Waals surface area contributed by atoms with Crippen LogP contribution in [0.25, 0.3) is 10.9 Å². The van der Waals surface area contributed by atoms with Crippen LogP contribution in [-0.2, 0) is 0 Å². The Morgan fingerprint density at radius 1 is 0.774 bits per heavy atom. The van der Waals surface area contributed by atoms with Gasteiger partial charge in [-0.25, -0.2) is 9.97 Å². The first-order valence-electron chi connectivity index (χ1n) is 9.57. The molecule has 160 valence electrons. The number of ether oxygens (including phenoxy) is 3. The van der Waals surface area contributed by atoms with Crippen LogP contribution in [0.3, 0.4) is 0 Å². The third kappa shape index (κ3) is 4.49. The number of hydrogen-bond donors (Lipinski definition) is 1. The highest BCUT2D eigenvalue weighted by atomic mass is 35.5. The molecule has 0 atom stereocenters. The number of aromatic nitrogens is 2. The van der Waals surface area contributed by atoms with Gasteiger partial charge in [0.1, 0.15) is 23.6 Å². The second-order valence-electron chi connectivity index (χ2n) is 6.85. The lowest BCUT2D eigenvalue weighted by Gasteiger charge is -2.16. The van der Waals surface area contributed by atoms with Crippen molar-refractivity contribution in [3.63, 3.8) is 0 Å². The van der Waals surface area contributed by atoms with Crippen molar-refractivity contribution in [2.75, 3.05) is 19.5 Å². The van der Waals surface area contributed by atoms with Crippen molar-refractivity contribution in [2.24, 2.45) is 0 Å². The highest BCUT2D eigenvalue weighted by Gasteiger charge is 2.13. The summed E-state index contributed by atoms with van der Waals surface area (Å²) in [7, 11) is 3.22. The van der Waals surface area contributed by atoms with Crippen molar-refractivity contribution >= 4 is 34.8 Å². The molecule has 0 radical (unpaired) electrons. The maximum absolute atomic E-state index is 6.04. The van der Waals surface area contributed by atoms with Crippen LogP contribution in [0.1, 0.15) is 11.1 Å². The minimum atomic E-state index is 0. The topological polar surface area (TPSA) is 65.5 Å². The van der Waals surface area contributed by atoms with Crippen molar-refractivity contribution in [1.29, 1.82) is 0 Å². The second-order valence-corrected chi connectivity index (χ2v) is 6.85. The Bertz CT molecular complexity index is 1200. The van der Waals surface area contributed by atoms with Gasteiger partial charge in [0.25, 0.3) is 0 Å². The summed E-state index contributed by atoms with van der Waals surface area (Å²) in [5.41, 5.74) is 3.85. The zero-order valence-corrected chi connectivity index (χ0v) is 18.6. The number of halogens is 1. The molecule has 0 saturated heterocycles. The van der Waals surface area contributed by atoms with Gasteiger partial charge in [-0.3, -0.25) is 0 Å². The van der Waals surface area contributed by atoms with Gasteiger partial charge in [0.15, 0.2) is 11.5 Å². The van der Waals surface area contributed by atoms with Crippen molar-refractivity contribution < 1.29 is 14.2 Å². The van der Waals surface area contributed by atoms with Crippen molar-refractivity contribution in [3.05, 3.63) is 72.1 Å². The molecule has 1 aromatic heterocycles. The summed E-state index contributed by atoms with van der Waals surface area (Å²) in [6, 6.07) is 17.4. The average molecular weight is 438 g/mol. The Hall–Kier alpha value is -3.51. The first kappa shape index (κ1) is 22.2. The molecule has 0 aliphatic carbocycles. The highest BCUT2D eigenvalue weighted by molar-refractivity contribution is 5.93. The largest absolute Gasteiger partial charge is 0.493 e. The van der Waals surface area contributed by atoms with Gasteiger partial charge >= 0.3 is 0 Å². The Balaban J connectivity index is 0.00000272. The zero-order valence-electron chi connectivity index (χ0n) is 17.8. The molecular formula is C24H24ClN3O3. The number of rotatable bonds is 6. The Labute approximate surface area is 187 Å². The van der Waals surface area contributed by atoms with Crippen LogP contribution >= 0.6 is 12.4 Å². The van der Waals surface area contributed by atoms with Crippen LogP contribution in [0.4, 0.5) is 11.5 Å². The van der Waals surface area contributed by atoms with Gasteiger partial charge in [-0.1, -0.05) is 18.2 Å². The summed E-state index contributed by atoms with van der Waals surface area (Å²) in [5, 5.41) is 4.28. The molecule has 1 heterocycles. The number of fused-ring (bicyclic) bond motifs is 1. The molecular weight excluding hydrogens is 414 g/mol. The van der Waals surface area contributed by atoms with E-state index in [4.69, 9.17) is 14.2 Å². The predicted molar refractivity (Wildman–Crippen MR) is 126 cm³/mol. The quantitative estimate of drug-likeness (QED) is 0.386. The van der Waals surface area contributed by atoms with Gasteiger partial charge in [0, 0.05) is 17.1 Å². The number of nitrogens with one attached hydrogen (secondary N) is 1. The average Bonchev–Trinajstić information content (AvgIpc) is 2.78. The minimum absolute atomic E-state index is 0. The number of nitrogens with zero attached hydrogens (tertiary/aromatic N) is 2. The first-order valence-corrected chi connectivity index (χ1v) is 9.57. The molecule has 0 spiro atoms. The van der Waals surface area contributed by atoms with E-state index in [2.05, 4.69) is 22.2 Å². The highest BCUT2D eigenvalue weighted by Crippen LogP contribution is 2.36. The summed E-state index contributed by atoms with van der Waals surface area (Å²) in [4.78, 5) is 8.81. The van der Waals surface area contributed by atoms with E-state index in [1.807, 2.05) is 61.5 Å². The summed E-state index contributed by atoms with van der Waals surface area (Å²) < 4.78 is 16.9. The summed E-state index contributed by atoms with van der Waals surface area (Å²) in [5.74, 6) is 3.58. The van der Waals surface area contributed by atoms with Crippen LogP contribution in [0, 0.1) is 13.8 Å². The van der Waals surface area contributed by atoms with E-state index in [0.717, 1.165) is 39.2 Å². The zero-order chi connectivity index (χ0) is 21.1. The van der Waals surface area contributed by atoms with Crippen LogP contribution in [0.2, 0.25) is 0 Å². The lowest BCUT2D eigenvalue weighted by Crippen LogP contribution is -2.01. The third-order valence-corrected chi connectivity index (χ3v) is 5.10. The maximum atomic E-state index is 6.04. The van der Waals surface area contributed by atoms with Gasteiger partial charge in [0.2, 0.25) is 0 Å². The molecule has 0 amide bonds. The molecule has 0 unspecified atom stereocenters. The third-order valence-electron chi connectivity index (χ3n) is 5.10. The van der Waals surface area contributed by atoms with Crippen LogP contribution in [0.15, 0.2) is 60.9 Å². The van der Waals surface area contributed by atoms with Crippen LogP contribution in [0.5, 0.6) is 23.0 Å². The molecule has 1 N–H and O–H groups in total. The van der Waals surface area contributed by atoms with Crippen molar-refractivity contribution in [2.45, 2.75) is 13.8 Å². The van der Waals surface area contributed by atoms with Crippen molar-refractivity contribution in [3.8, 4) is 23.0 Å². The van der Waals surface area contributed by atoms with E-state index < -0.39 is 0 Å². The van der Waals surface area contributed by atoms with Crippen LogP contribution < -0.4 is 19.5 Å². The SMILES string of the molecule is COc1cc2ncnc(Nc3ccc(Oc4ccccc4)c(C)c3C)c2cc1OC.Cl. The predicted octanol–water partition coefficient (Wildman–Crippen LogP) is 6.22. The first-order chi connectivity index (χ1) is 14.6. The molecule has 0 fully saturated rings. The molecule has 7 heteroatoms. The van der Waals surface area contributed by atoms with Crippen LogP contribution in [-0.4, -0.2) is 24.2 Å². The van der Waals surface area contributed by atoms with E-state index in [1.165, 1.54) is 6.33 Å². The fourth-order valence-corrected chi connectivity index (χ4v) is 3.27. The molecule has 0 bridgehead atoms. The number of para-hydroxylation sites is 1. The lowest BCUT2D eigenvalue weighted by atomic mass is 10.1. The monoisotopic (exact) mass is 437 g/mol. The maximum Gasteiger partial charge on any atom is 0.162 e. The molecule has 31 heavy (non-hydrogen) atoms. The smallest absolute Gasteiger partial charge is 0.162 e. The van der Waals surface area contributed by atoms with Gasteiger partial charge in [0.05, 0.1) is 19.7 Å². The van der Waals surface area contributed by atoms with Gasteiger partial charge in [-0.05, 0) is 55.3 Å². The Morgan fingerprint density at radius 2 is 1.48 bits per heavy atom. The Morgan fingerprint density at radius 3 is 2.19 bits per heavy atom. The van der Waals surface area contributed by atoms with Gasteiger partial charge in [-0.15, -0.1) is 12.4 Å². The van der Waals surface area contributed by atoms with E-state index >= 15 is 0 Å². The molecule has 0 aliphatic heterocycles. The number of benzene rings is 3. The van der Waals surface area contributed by atoms with Gasteiger partial charge < -0.3 is 19.5 Å². The normalized spacial score (nSPS) is 10.3. The lowest BCUT2D eigenvalue weighted by molar-refractivity contribution is 0.356. The molecule has 0 aliphatic rings.